The highest BCUT2D eigenvalue weighted by Crippen LogP contribution is 2.27. The molecule has 0 saturated carbocycles. The van der Waals surface area contributed by atoms with Crippen molar-refractivity contribution < 1.29 is 0 Å². The first-order valence-corrected chi connectivity index (χ1v) is 5.40. The van der Waals surface area contributed by atoms with Crippen molar-refractivity contribution in [1.82, 2.24) is 9.40 Å². The van der Waals surface area contributed by atoms with Gasteiger partial charge >= 0.3 is 0 Å². The molecule has 0 spiro atoms. The van der Waals surface area contributed by atoms with E-state index in [1.807, 2.05) is 16.6 Å². The predicted octanol–water partition coefficient (Wildman–Crippen LogP) is 2.29. The molecule has 1 aliphatic heterocycles. The Morgan fingerprint density at radius 2 is 2.13 bits per heavy atom. The van der Waals surface area contributed by atoms with E-state index in [1.165, 1.54) is 0 Å². The first kappa shape index (κ1) is 10.4. The number of halogens is 1. The molecule has 1 aromatic heterocycles. The van der Waals surface area contributed by atoms with Crippen LogP contribution in [0.25, 0.3) is 0 Å². The minimum Gasteiger partial charge on any atom is -0.260 e. The molecule has 0 aliphatic carbocycles. The van der Waals surface area contributed by atoms with Crippen LogP contribution in [-0.2, 0) is 0 Å². The lowest BCUT2D eigenvalue weighted by atomic mass is 9.94. The van der Waals surface area contributed by atoms with E-state index >= 15 is 0 Å². The molecule has 1 aromatic rings. The SMILES string of the molecule is N#Cc1ccc(C2CCN(Cl)CC2)nc1. The van der Waals surface area contributed by atoms with Crippen molar-refractivity contribution in [2.24, 2.45) is 0 Å². The summed E-state index contributed by atoms with van der Waals surface area (Å²) < 4.78 is 1.82. The highest BCUT2D eigenvalue weighted by atomic mass is 35.5. The van der Waals surface area contributed by atoms with Crippen LogP contribution >= 0.6 is 11.8 Å². The molecular weight excluding hydrogens is 210 g/mol. The Balaban J connectivity index is 2.07. The van der Waals surface area contributed by atoms with Crippen LogP contribution in [-0.4, -0.2) is 22.5 Å². The zero-order valence-corrected chi connectivity index (χ0v) is 9.11. The molecule has 0 unspecified atom stereocenters. The topological polar surface area (TPSA) is 39.9 Å². The summed E-state index contributed by atoms with van der Waals surface area (Å²) in [6.45, 7) is 1.82. The third-order valence-corrected chi connectivity index (χ3v) is 3.11. The smallest absolute Gasteiger partial charge is 0.101 e. The van der Waals surface area contributed by atoms with Crippen molar-refractivity contribution in [3.8, 4) is 6.07 Å². The van der Waals surface area contributed by atoms with Crippen LogP contribution in [0.5, 0.6) is 0 Å². The lowest BCUT2D eigenvalue weighted by Crippen LogP contribution is -2.25. The van der Waals surface area contributed by atoms with Crippen molar-refractivity contribution in [2.45, 2.75) is 18.8 Å². The van der Waals surface area contributed by atoms with Crippen LogP contribution in [0.1, 0.15) is 30.0 Å². The van der Waals surface area contributed by atoms with Crippen molar-refractivity contribution >= 4 is 11.8 Å². The molecule has 0 bridgehead atoms. The number of hydrogen-bond donors (Lipinski definition) is 0. The molecule has 0 radical (unpaired) electrons. The van der Waals surface area contributed by atoms with Gasteiger partial charge in [0.15, 0.2) is 0 Å². The molecule has 2 heterocycles. The molecule has 0 atom stereocenters. The minimum absolute atomic E-state index is 0.493. The Morgan fingerprint density at radius 1 is 1.40 bits per heavy atom. The van der Waals surface area contributed by atoms with Crippen LogP contribution in [0.2, 0.25) is 0 Å². The third-order valence-electron chi connectivity index (χ3n) is 2.77. The maximum absolute atomic E-state index is 8.66. The first-order valence-electron chi connectivity index (χ1n) is 5.06. The molecule has 1 saturated heterocycles. The minimum atomic E-state index is 0.493. The highest BCUT2D eigenvalue weighted by molar-refractivity contribution is 6.13. The van der Waals surface area contributed by atoms with Gasteiger partial charge in [-0.2, -0.15) is 5.26 Å². The summed E-state index contributed by atoms with van der Waals surface area (Å²) in [6.07, 6.45) is 3.73. The zero-order valence-electron chi connectivity index (χ0n) is 8.36. The molecule has 2 rings (SSSR count). The van der Waals surface area contributed by atoms with Crippen molar-refractivity contribution in [2.75, 3.05) is 13.1 Å². The molecule has 3 nitrogen and oxygen atoms in total. The lowest BCUT2D eigenvalue weighted by molar-refractivity contribution is 0.332. The van der Waals surface area contributed by atoms with Gasteiger partial charge in [-0.15, -0.1) is 0 Å². The molecule has 78 valence electrons. The van der Waals surface area contributed by atoms with E-state index in [-0.39, 0.29) is 0 Å². The second-order valence-electron chi connectivity index (χ2n) is 3.77. The van der Waals surface area contributed by atoms with E-state index in [9.17, 15) is 0 Å². The maximum Gasteiger partial charge on any atom is 0.101 e. The molecule has 1 aliphatic rings. The quantitative estimate of drug-likeness (QED) is 0.684. The fourth-order valence-electron chi connectivity index (χ4n) is 1.86. The molecular formula is C11H12ClN3. The van der Waals surface area contributed by atoms with E-state index in [0.29, 0.717) is 11.5 Å². The Morgan fingerprint density at radius 3 is 2.67 bits per heavy atom. The summed E-state index contributed by atoms with van der Waals surface area (Å²) in [6, 6.07) is 5.85. The molecule has 0 aromatic carbocycles. The molecule has 0 N–H and O–H groups in total. The standard InChI is InChI=1S/C11H12ClN3/c12-15-5-3-10(4-6-15)11-2-1-9(7-13)8-14-11/h1-2,8,10H,3-6H2. The van der Waals surface area contributed by atoms with Crippen molar-refractivity contribution in [1.29, 1.82) is 5.26 Å². The molecule has 1 fully saturated rings. The van der Waals surface area contributed by atoms with Crippen LogP contribution in [0, 0.1) is 11.3 Å². The normalized spacial score (nSPS) is 18.7. The van der Waals surface area contributed by atoms with Gasteiger partial charge < -0.3 is 0 Å². The number of rotatable bonds is 1. The Hall–Kier alpha value is -1.11. The van der Waals surface area contributed by atoms with Gasteiger partial charge in [-0.3, -0.25) is 4.98 Å². The maximum atomic E-state index is 8.66. The third kappa shape index (κ3) is 2.47. The van der Waals surface area contributed by atoms with Crippen LogP contribution in [0.3, 0.4) is 0 Å². The van der Waals surface area contributed by atoms with Crippen LogP contribution in [0.4, 0.5) is 0 Å². The number of piperidine rings is 1. The average Bonchev–Trinajstić information content (AvgIpc) is 2.30. The van der Waals surface area contributed by atoms with Crippen LogP contribution in [0.15, 0.2) is 18.3 Å². The Bertz CT molecular complexity index is 360. The highest BCUT2D eigenvalue weighted by Gasteiger charge is 2.20. The van der Waals surface area contributed by atoms with Gasteiger partial charge in [-0.1, -0.05) is 0 Å². The number of pyridine rings is 1. The largest absolute Gasteiger partial charge is 0.260 e. The molecule has 15 heavy (non-hydrogen) atoms. The van der Waals surface area contributed by atoms with E-state index in [4.69, 9.17) is 17.0 Å². The Kier molecular flexibility index (Phi) is 3.20. The van der Waals surface area contributed by atoms with Gasteiger partial charge in [0, 0.05) is 30.9 Å². The number of aromatic nitrogens is 1. The van der Waals surface area contributed by atoms with Gasteiger partial charge in [-0.25, -0.2) is 4.42 Å². The summed E-state index contributed by atoms with van der Waals surface area (Å²) in [4.78, 5) is 4.31. The van der Waals surface area contributed by atoms with Crippen molar-refractivity contribution in [3.63, 3.8) is 0 Å². The fraction of sp³-hybridized carbons (Fsp3) is 0.455. The average molecular weight is 222 g/mol. The summed E-state index contributed by atoms with van der Waals surface area (Å²) in [5.41, 5.74) is 1.70. The number of hydrogen-bond acceptors (Lipinski definition) is 3. The Labute approximate surface area is 94.4 Å². The molecule has 0 amide bonds. The van der Waals surface area contributed by atoms with Gasteiger partial charge in [0.2, 0.25) is 0 Å². The second-order valence-corrected chi connectivity index (χ2v) is 4.25. The van der Waals surface area contributed by atoms with E-state index in [1.54, 1.807) is 6.20 Å². The van der Waals surface area contributed by atoms with Crippen LogP contribution < -0.4 is 0 Å². The van der Waals surface area contributed by atoms with E-state index in [2.05, 4.69) is 11.1 Å². The van der Waals surface area contributed by atoms with E-state index in [0.717, 1.165) is 31.6 Å². The summed E-state index contributed by atoms with van der Waals surface area (Å²) in [5.74, 6) is 0.493. The fourth-order valence-corrected chi connectivity index (χ4v) is 2.05. The van der Waals surface area contributed by atoms with Gasteiger partial charge in [0.25, 0.3) is 0 Å². The summed E-state index contributed by atoms with van der Waals surface area (Å²) >= 11 is 5.89. The lowest BCUT2D eigenvalue weighted by Gasteiger charge is -2.26. The molecule has 4 heteroatoms. The number of nitrogens with zero attached hydrogens (tertiary/aromatic N) is 3. The first-order chi connectivity index (χ1) is 7.29. The number of nitriles is 1. The zero-order chi connectivity index (χ0) is 10.7. The summed E-state index contributed by atoms with van der Waals surface area (Å²) in [5, 5.41) is 8.66. The van der Waals surface area contributed by atoms with Gasteiger partial charge in [-0.05, 0) is 36.8 Å². The summed E-state index contributed by atoms with van der Waals surface area (Å²) in [7, 11) is 0. The van der Waals surface area contributed by atoms with Crippen molar-refractivity contribution in [3.05, 3.63) is 29.6 Å². The predicted molar refractivity (Wildman–Crippen MR) is 58.4 cm³/mol. The van der Waals surface area contributed by atoms with E-state index < -0.39 is 0 Å². The van der Waals surface area contributed by atoms with Gasteiger partial charge in [0.05, 0.1) is 5.56 Å². The second kappa shape index (κ2) is 4.61. The van der Waals surface area contributed by atoms with Gasteiger partial charge in [0.1, 0.15) is 6.07 Å². The monoisotopic (exact) mass is 221 g/mol.